The molecule has 4 rings (SSSR count). The van der Waals surface area contributed by atoms with Gasteiger partial charge in [-0.05, 0) is 37.1 Å². The molecule has 0 aliphatic carbocycles. The fourth-order valence-corrected chi connectivity index (χ4v) is 3.67. The molecule has 148 valence electrons. The standard InChI is InChI=1S/C21H18ClFN4O2/c22-14-4-3-5-15(23)19(14)20(28)13-10-16(25-11-13)21(29)26-17-12-24-7-6-18(17)27-8-1-2-9-27/h3-7,10-12,25H,1-2,8-9H2,(H,26,29). The van der Waals surface area contributed by atoms with Gasteiger partial charge in [-0.25, -0.2) is 4.39 Å². The second-order valence-corrected chi connectivity index (χ2v) is 7.18. The lowest BCUT2D eigenvalue weighted by Gasteiger charge is -2.20. The fourth-order valence-electron chi connectivity index (χ4n) is 3.42. The highest BCUT2D eigenvalue weighted by atomic mass is 35.5. The number of H-pyrrole nitrogens is 1. The smallest absolute Gasteiger partial charge is 0.272 e. The molecule has 1 aliphatic rings. The monoisotopic (exact) mass is 412 g/mol. The van der Waals surface area contributed by atoms with E-state index in [9.17, 15) is 14.0 Å². The Bertz CT molecular complexity index is 1060. The van der Waals surface area contributed by atoms with Crippen LogP contribution in [0.25, 0.3) is 0 Å². The predicted octanol–water partition coefficient (Wildman–Crippen LogP) is 4.29. The number of hydrogen-bond donors (Lipinski definition) is 2. The molecule has 6 nitrogen and oxygen atoms in total. The zero-order chi connectivity index (χ0) is 20.4. The molecule has 1 aliphatic heterocycles. The van der Waals surface area contributed by atoms with Crippen molar-refractivity contribution in [3.63, 3.8) is 0 Å². The Hall–Kier alpha value is -3.19. The van der Waals surface area contributed by atoms with Gasteiger partial charge in [-0.15, -0.1) is 0 Å². The molecule has 0 radical (unpaired) electrons. The number of halogens is 2. The molecule has 1 aromatic carbocycles. The fraction of sp³-hybridized carbons (Fsp3) is 0.190. The summed E-state index contributed by atoms with van der Waals surface area (Å²) < 4.78 is 14.0. The van der Waals surface area contributed by atoms with Crippen molar-refractivity contribution < 1.29 is 14.0 Å². The summed E-state index contributed by atoms with van der Waals surface area (Å²) in [7, 11) is 0. The number of nitrogens with one attached hydrogen (secondary N) is 2. The lowest BCUT2D eigenvalue weighted by molar-refractivity contribution is 0.102. The van der Waals surface area contributed by atoms with E-state index in [0.29, 0.717) is 5.69 Å². The zero-order valence-corrected chi connectivity index (χ0v) is 16.2. The van der Waals surface area contributed by atoms with Crippen LogP contribution < -0.4 is 10.2 Å². The molecule has 1 fully saturated rings. The number of hydrogen-bond acceptors (Lipinski definition) is 4. The van der Waals surface area contributed by atoms with Gasteiger partial charge in [-0.3, -0.25) is 14.6 Å². The Morgan fingerprint density at radius 2 is 2.00 bits per heavy atom. The SMILES string of the molecule is O=C(Nc1cnccc1N1CCCC1)c1cc(C(=O)c2c(F)cccc2Cl)c[nH]1. The topological polar surface area (TPSA) is 78.1 Å². The van der Waals surface area contributed by atoms with Gasteiger partial charge in [0.1, 0.15) is 11.5 Å². The molecule has 29 heavy (non-hydrogen) atoms. The first-order chi connectivity index (χ1) is 14.0. The summed E-state index contributed by atoms with van der Waals surface area (Å²) in [6, 6.07) is 7.29. The van der Waals surface area contributed by atoms with Crippen molar-refractivity contribution in [2.24, 2.45) is 0 Å². The molecule has 1 amide bonds. The summed E-state index contributed by atoms with van der Waals surface area (Å²) in [4.78, 5) is 34.4. The number of carbonyl (C=O) groups excluding carboxylic acids is 2. The van der Waals surface area contributed by atoms with E-state index >= 15 is 0 Å². The van der Waals surface area contributed by atoms with Crippen LogP contribution in [0.3, 0.4) is 0 Å². The highest BCUT2D eigenvalue weighted by molar-refractivity contribution is 6.35. The molecule has 2 aromatic heterocycles. The highest BCUT2D eigenvalue weighted by Gasteiger charge is 2.21. The van der Waals surface area contributed by atoms with Crippen LogP contribution in [-0.4, -0.2) is 34.7 Å². The third-order valence-corrected chi connectivity index (χ3v) is 5.19. The van der Waals surface area contributed by atoms with Crippen LogP contribution in [0, 0.1) is 5.82 Å². The van der Waals surface area contributed by atoms with Crippen LogP contribution in [0.4, 0.5) is 15.8 Å². The minimum absolute atomic E-state index is 0.0211. The lowest BCUT2D eigenvalue weighted by atomic mass is 10.1. The Morgan fingerprint density at radius 3 is 2.76 bits per heavy atom. The van der Waals surface area contributed by atoms with Crippen LogP contribution in [0.1, 0.15) is 39.3 Å². The van der Waals surface area contributed by atoms with E-state index in [1.165, 1.54) is 30.5 Å². The number of amides is 1. The van der Waals surface area contributed by atoms with Gasteiger partial charge in [-0.2, -0.15) is 0 Å². The van der Waals surface area contributed by atoms with E-state index in [4.69, 9.17) is 11.6 Å². The maximum Gasteiger partial charge on any atom is 0.272 e. The number of nitrogens with zero attached hydrogens (tertiary/aromatic N) is 2. The summed E-state index contributed by atoms with van der Waals surface area (Å²) in [6.07, 6.45) is 6.87. The summed E-state index contributed by atoms with van der Waals surface area (Å²) in [6.45, 7) is 1.86. The van der Waals surface area contributed by atoms with Crippen LogP contribution >= 0.6 is 11.6 Å². The molecule has 0 saturated carbocycles. The summed E-state index contributed by atoms with van der Waals surface area (Å²) in [5.74, 6) is -1.72. The summed E-state index contributed by atoms with van der Waals surface area (Å²) in [5.41, 5.74) is 1.61. The average Bonchev–Trinajstić information content (AvgIpc) is 3.40. The van der Waals surface area contributed by atoms with E-state index in [-0.39, 0.29) is 21.8 Å². The van der Waals surface area contributed by atoms with Crippen molar-refractivity contribution in [1.82, 2.24) is 9.97 Å². The minimum Gasteiger partial charge on any atom is -0.370 e. The Labute approximate surface area is 171 Å². The molecular weight excluding hydrogens is 395 g/mol. The van der Waals surface area contributed by atoms with Crippen molar-refractivity contribution in [2.75, 3.05) is 23.3 Å². The molecule has 3 heterocycles. The molecular formula is C21H18ClFN4O2. The van der Waals surface area contributed by atoms with Crippen LogP contribution in [0.2, 0.25) is 5.02 Å². The van der Waals surface area contributed by atoms with Crippen molar-refractivity contribution in [2.45, 2.75) is 12.8 Å². The van der Waals surface area contributed by atoms with Crippen molar-refractivity contribution in [3.05, 3.63) is 76.6 Å². The predicted molar refractivity (Wildman–Crippen MR) is 109 cm³/mol. The number of ketones is 1. The number of carbonyl (C=O) groups is 2. The molecule has 8 heteroatoms. The lowest BCUT2D eigenvalue weighted by Crippen LogP contribution is -2.21. The molecule has 2 N–H and O–H groups in total. The number of rotatable bonds is 5. The second kappa shape index (κ2) is 8.05. The average molecular weight is 413 g/mol. The summed E-state index contributed by atoms with van der Waals surface area (Å²) >= 11 is 5.97. The van der Waals surface area contributed by atoms with E-state index in [1.54, 1.807) is 12.4 Å². The zero-order valence-electron chi connectivity index (χ0n) is 15.4. The maximum absolute atomic E-state index is 14.0. The van der Waals surface area contributed by atoms with Gasteiger partial charge in [-0.1, -0.05) is 17.7 Å². The Morgan fingerprint density at radius 1 is 1.21 bits per heavy atom. The number of benzene rings is 1. The van der Waals surface area contributed by atoms with Gasteiger partial charge in [0.25, 0.3) is 5.91 Å². The molecule has 0 atom stereocenters. The molecule has 0 bridgehead atoms. The van der Waals surface area contributed by atoms with Gasteiger partial charge in [0.2, 0.25) is 0 Å². The molecule has 0 spiro atoms. The van der Waals surface area contributed by atoms with Crippen molar-refractivity contribution in [3.8, 4) is 0 Å². The van der Waals surface area contributed by atoms with Gasteiger partial charge >= 0.3 is 0 Å². The third kappa shape index (κ3) is 3.86. The first-order valence-electron chi connectivity index (χ1n) is 9.22. The number of aromatic nitrogens is 2. The normalized spacial score (nSPS) is 13.5. The van der Waals surface area contributed by atoms with E-state index in [0.717, 1.165) is 31.6 Å². The third-order valence-electron chi connectivity index (χ3n) is 4.87. The first kappa shape index (κ1) is 19.1. The van der Waals surface area contributed by atoms with Gasteiger partial charge < -0.3 is 15.2 Å². The largest absolute Gasteiger partial charge is 0.370 e. The van der Waals surface area contributed by atoms with E-state index < -0.39 is 17.5 Å². The quantitative estimate of drug-likeness (QED) is 0.613. The van der Waals surface area contributed by atoms with E-state index in [1.807, 2.05) is 6.07 Å². The number of aromatic amines is 1. The molecule has 3 aromatic rings. The van der Waals surface area contributed by atoms with Crippen molar-refractivity contribution in [1.29, 1.82) is 0 Å². The van der Waals surface area contributed by atoms with Gasteiger partial charge in [0.15, 0.2) is 5.78 Å². The molecule has 1 saturated heterocycles. The number of pyridine rings is 1. The Balaban J connectivity index is 1.55. The van der Waals surface area contributed by atoms with Gasteiger partial charge in [0, 0.05) is 31.0 Å². The minimum atomic E-state index is -0.708. The van der Waals surface area contributed by atoms with Crippen LogP contribution in [0.15, 0.2) is 48.9 Å². The van der Waals surface area contributed by atoms with Crippen LogP contribution in [-0.2, 0) is 0 Å². The first-order valence-corrected chi connectivity index (χ1v) is 9.60. The molecule has 0 unspecified atom stereocenters. The number of anilines is 2. The Kier molecular flexibility index (Phi) is 5.31. The highest BCUT2D eigenvalue weighted by Crippen LogP contribution is 2.28. The second-order valence-electron chi connectivity index (χ2n) is 6.77. The van der Waals surface area contributed by atoms with Crippen molar-refractivity contribution >= 4 is 34.7 Å². The summed E-state index contributed by atoms with van der Waals surface area (Å²) in [5, 5.41) is 2.85. The maximum atomic E-state index is 14.0. The van der Waals surface area contributed by atoms with Gasteiger partial charge in [0.05, 0.1) is 28.2 Å². The van der Waals surface area contributed by atoms with Crippen LogP contribution in [0.5, 0.6) is 0 Å². The van der Waals surface area contributed by atoms with E-state index in [2.05, 4.69) is 20.2 Å².